The van der Waals surface area contributed by atoms with Gasteiger partial charge in [0.2, 0.25) is 0 Å². The second-order valence-corrected chi connectivity index (χ2v) is 4.81. The van der Waals surface area contributed by atoms with Crippen LogP contribution in [-0.2, 0) is 16.0 Å². The molecule has 0 aliphatic carbocycles. The summed E-state index contributed by atoms with van der Waals surface area (Å²) in [6.07, 6.45) is -0.0727. The molecule has 1 heterocycles. The summed E-state index contributed by atoms with van der Waals surface area (Å²) in [4.78, 5) is 26.0. The van der Waals surface area contributed by atoms with Crippen LogP contribution in [0, 0.1) is 5.41 Å². The molecule has 0 fully saturated rings. The summed E-state index contributed by atoms with van der Waals surface area (Å²) >= 11 is 0. The van der Waals surface area contributed by atoms with Gasteiger partial charge in [-0.1, -0.05) is 0 Å². The smallest absolute Gasteiger partial charge is 0.310 e. The minimum absolute atomic E-state index is 0.0727. The molecule has 0 unspecified atom stereocenters. The molecule has 23 heavy (non-hydrogen) atoms. The lowest BCUT2D eigenvalue weighted by Crippen LogP contribution is -2.33. The lowest BCUT2D eigenvalue weighted by atomic mass is 10.1. The van der Waals surface area contributed by atoms with Crippen molar-refractivity contribution in [1.82, 2.24) is 10.3 Å². The predicted molar refractivity (Wildman–Crippen MR) is 85.7 cm³/mol. The summed E-state index contributed by atoms with van der Waals surface area (Å²) in [7, 11) is 1.28. The van der Waals surface area contributed by atoms with Crippen LogP contribution in [0.5, 0.6) is 5.75 Å². The first kappa shape index (κ1) is 16.3. The molecule has 1 aromatic carbocycles. The molecule has 2 aromatic rings. The Morgan fingerprint density at radius 1 is 1.39 bits per heavy atom. The SMILES string of the molecule is COC(=O)Cc1cc2ccc(OCCNC(=N)N)cc2[nH]c1=O. The van der Waals surface area contributed by atoms with Crippen LogP contribution < -0.4 is 21.3 Å². The van der Waals surface area contributed by atoms with Gasteiger partial charge in [0.25, 0.3) is 5.56 Å². The van der Waals surface area contributed by atoms with Gasteiger partial charge in [-0.05, 0) is 23.6 Å². The Morgan fingerprint density at radius 3 is 2.87 bits per heavy atom. The summed E-state index contributed by atoms with van der Waals surface area (Å²) in [5.74, 6) is 0.00146. The van der Waals surface area contributed by atoms with E-state index in [1.807, 2.05) is 0 Å². The van der Waals surface area contributed by atoms with Gasteiger partial charge in [0.15, 0.2) is 5.96 Å². The van der Waals surface area contributed by atoms with Gasteiger partial charge in [0.05, 0.1) is 25.6 Å². The Hall–Kier alpha value is -3.03. The first-order valence-corrected chi connectivity index (χ1v) is 6.93. The minimum Gasteiger partial charge on any atom is -0.492 e. The van der Waals surface area contributed by atoms with Crippen molar-refractivity contribution in [2.75, 3.05) is 20.3 Å². The van der Waals surface area contributed by atoms with Crippen molar-refractivity contribution in [3.8, 4) is 5.75 Å². The third kappa shape index (κ3) is 4.47. The summed E-state index contributed by atoms with van der Waals surface area (Å²) in [6.45, 7) is 0.734. The highest BCUT2D eigenvalue weighted by Gasteiger charge is 2.09. The molecule has 0 aliphatic heterocycles. The number of benzene rings is 1. The molecule has 8 heteroatoms. The zero-order valence-electron chi connectivity index (χ0n) is 12.6. The number of fused-ring (bicyclic) bond motifs is 1. The summed E-state index contributed by atoms with van der Waals surface area (Å²) < 4.78 is 10.1. The number of H-pyrrole nitrogens is 1. The second-order valence-electron chi connectivity index (χ2n) is 4.81. The molecule has 5 N–H and O–H groups in total. The highest BCUT2D eigenvalue weighted by molar-refractivity contribution is 5.82. The van der Waals surface area contributed by atoms with E-state index < -0.39 is 5.97 Å². The molecule has 0 amide bonds. The van der Waals surface area contributed by atoms with Crippen molar-refractivity contribution in [3.05, 3.63) is 40.2 Å². The van der Waals surface area contributed by atoms with Crippen molar-refractivity contribution >= 4 is 22.8 Å². The van der Waals surface area contributed by atoms with E-state index >= 15 is 0 Å². The van der Waals surface area contributed by atoms with Crippen molar-refractivity contribution in [1.29, 1.82) is 5.41 Å². The molecule has 1 aromatic heterocycles. The van der Waals surface area contributed by atoms with Crippen LogP contribution in [0.1, 0.15) is 5.56 Å². The van der Waals surface area contributed by atoms with Crippen LogP contribution in [0.25, 0.3) is 10.9 Å². The molecule has 0 spiro atoms. The number of carbonyl (C=O) groups excluding carboxylic acids is 1. The van der Waals surface area contributed by atoms with Crippen molar-refractivity contribution in [2.45, 2.75) is 6.42 Å². The van der Waals surface area contributed by atoms with Gasteiger partial charge in [-0.25, -0.2) is 0 Å². The van der Waals surface area contributed by atoms with Crippen LogP contribution >= 0.6 is 0 Å². The first-order chi connectivity index (χ1) is 11.0. The predicted octanol–water partition coefficient (Wildman–Crippen LogP) is 0.105. The number of ether oxygens (including phenoxy) is 2. The van der Waals surface area contributed by atoms with E-state index in [-0.39, 0.29) is 17.9 Å². The lowest BCUT2D eigenvalue weighted by Gasteiger charge is -2.09. The number of hydrogen-bond acceptors (Lipinski definition) is 5. The quantitative estimate of drug-likeness (QED) is 0.259. The van der Waals surface area contributed by atoms with Crippen molar-refractivity contribution in [3.63, 3.8) is 0 Å². The number of aromatic nitrogens is 1. The van der Waals surface area contributed by atoms with E-state index in [9.17, 15) is 9.59 Å². The fraction of sp³-hybridized carbons (Fsp3) is 0.267. The Kier molecular flexibility index (Phi) is 5.19. The highest BCUT2D eigenvalue weighted by atomic mass is 16.5. The molecule has 0 saturated carbocycles. The summed E-state index contributed by atoms with van der Waals surface area (Å²) in [5, 5.41) is 10.4. The van der Waals surface area contributed by atoms with Gasteiger partial charge >= 0.3 is 5.97 Å². The minimum atomic E-state index is -0.465. The molecular formula is C15H18N4O4. The molecular weight excluding hydrogens is 300 g/mol. The summed E-state index contributed by atoms with van der Waals surface area (Å²) in [6, 6.07) is 6.91. The number of guanidine groups is 1. The van der Waals surface area contributed by atoms with Gasteiger partial charge in [0.1, 0.15) is 12.4 Å². The van der Waals surface area contributed by atoms with Crippen LogP contribution in [0.2, 0.25) is 0 Å². The molecule has 0 bridgehead atoms. The van der Waals surface area contributed by atoms with Crippen LogP contribution in [0.3, 0.4) is 0 Å². The Labute approximate surface area is 132 Å². The third-order valence-corrected chi connectivity index (χ3v) is 3.14. The molecule has 0 radical (unpaired) electrons. The zero-order valence-corrected chi connectivity index (χ0v) is 12.6. The van der Waals surface area contributed by atoms with Crippen LogP contribution in [0.4, 0.5) is 0 Å². The zero-order chi connectivity index (χ0) is 16.8. The topological polar surface area (TPSA) is 130 Å². The van der Waals surface area contributed by atoms with E-state index in [4.69, 9.17) is 15.9 Å². The standard InChI is InChI=1S/C15H18N4O4/c1-22-13(20)7-10-6-9-2-3-11(8-12(9)19-14(10)21)23-5-4-18-15(16)17/h2-3,6,8H,4-5,7H2,1H3,(H,19,21)(H4,16,17,18). The van der Waals surface area contributed by atoms with Gasteiger partial charge in [-0.3, -0.25) is 15.0 Å². The van der Waals surface area contributed by atoms with Gasteiger partial charge in [0, 0.05) is 11.6 Å². The number of pyridine rings is 1. The lowest BCUT2D eigenvalue weighted by molar-refractivity contribution is -0.139. The van der Waals surface area contributed by atoms with E-state index in [1.165, 1.54) is 7.11 Å². The molecule has 8 nitrogen and oxygen atoms in total. The van der Waals surface area contributed by atoms with Gasteiger partial charge < -0.3 is 25.5 Å². The number of rotatable bonds is 6. The number of esters is 1. The fourth-order valence-corrected chi connectivity index (χ4v) is 2.03. The van der Waals surface area contributed by atoms with Gasteiger partial charge in [-0.15, -0.1) is 0 Å². The number of carbonyl (C=O) groups is 1. The maximum atomic E-state index is 12.0. The molecule has 122 valence electrons. The number of methoxy groups -OCH3 is 1. The fourth-order valence-electron chi connectivity index (χ4n) is 2.03. The van der Waals surface area contributed by atoms with E-state index in [1.54, 1.807) is 24.3 Å². The average Bonchev–Trinajstić information content (AvgIpc) is 2.52. The van der Waals surface area contributed by atoms with E-state index in [0.717, 1.165) is 5.39 Å². The molecule has 0 saturated heterocycles. The first-order valence-electron chi connectivity index (χ1n) is 6.93. The largest absolute Gasteiger partial charge is 0.492 e. The molecule has 2 rings (SSSR count). The second kappa shape index (κ2) is 7.30. The monoisotopic (exact) mass is 318 g/mol. The number of hydrogen-bond donors (Lipinski definition) is 4. The average molecular weight is 318 g/mol. The van der Waals surface area contributed by atoms with Crippen LogP contribution in [0.15, 0.2) is 29.1 Å². The number of nitrogens with one attached hydrogen (secondary N) is 3. The Bertz CT molecular complexity index is 785. The Morgan fingerprint density at radius 2 is 2.17 bits per heavy atom. The van der Waals surface area contributed by atoms with E-state index in [2.05, 4.69) is 15.0 Å². The maximum Gasteiger partial charge on any atom is 0.310 e. The van der Waals surface area contributed by atoms with Crippen LogP contribution in [-0.4, -0.2) is 37.2 Å². The highest BCUT2D eigenvalue weighted by Crippen LogP contribution is 2.19. The Balaban J connectivity index is 2.14. The number of aromatic amines is 1. The van der Waals surface area contributed by atoms with E-state index in [0.29, 0.717) is 30.0 Å². The normalized spacial score (nSPS) is 10.3. The summed E-state index contributed by atoms with van der Waals surface area (Å²) in [5.41, 5.74) is 5.79. The third-order valence-electron chi connectivity index (χ3n) is 3.14. The van der Waals surface area contributed by atoms with Gasteiger partial charge in [-0.2, -0.15) is 0 Å². The van der Waals surface area contributed by atoms with Crippen molar-refractivity contribution < 1.29 is 14.3 Å². The maximum absolute atomic E-state index is 12.0. The van der Waals surface area contributed by atoms with Crippen molar-refractivity contribution in [2.24, 2.45) is 5.73 Å². The molecule has 0 aliphatic rings. The number of nitrogens with two attached hydrogens (primary N) is 1. The molecule has 0 atom stereocenters.